The molecule has 3 saturated heterocycles. The van der Waals surface area contributed by atoms with Crippen LogP contribution in [0.3, 0.4) is 0 Å². The van der Waals surface area contributed by atoms with Gasteiger partial charge in [-0.05, 0) is 29.2 Å². The van der Waals surface area contributed by atoms with Gasteiger partial charge < -0.3 is 14.6 Å². The fourth-order valence-electron chi connectivity index (χ4n) is 5.75. The molecular formula is C28H30N5O2+. The standard InChI is InChI=1S/C28H29N5O2/c34-28(29-16-25-7-4-14-35-25)26-18-32-13-12-23(26)15-24(32)17-33-19-27(30-31-33)22-10-8-21(9-11-22)20-5-2-1-3-6-20/h1-11,14,19,23-24,26H,12-13,15-18H2,(H,29,34)/p+1/t23-,24+,26-/m0/s1. The van der Waals surface area contributed by atoms with Crippen molar-refractivity contribution in [3.05, 3.63) is 85.0 Å². The summed E-state index contributed by atoms with van der Waals surface area (Å²) >= 11 is 0. The summed E-state index contributed by atoms with van der Waals surface area (Å²) in [5.74, 6) is 1.47. The number of hydrogen-bond acceptors (Lipinski definition) is 4. The zero-order valence-corrected chi connectivity index (χ0v) is 19.6. The van der Waals surface area contributed by atoms with Crippen molar-refractivity contribution in [2.45, 2.75) is 32.0 Å². The van der Waals surface area contributed by atoms with E-state index in [1.54, 1.807) is 6.26 Å². The number of nitrogens with one attached hydrogen (secondary N) is 2. The van der Waals surface area contributed by atoms with E-state index in [0.717, 1.165) is 49.5 Å². The number of hydrogen-bond donors (Lipinski definition) is 2. The number of furan rings is 1. The van der Waals surface area contributed by atoms with Gasteiger partial charge in [-0.25, -0.2) is 4.68 Å². The maximum atomic E-state index is 12.8. The SMILES string of the molecule is O=C(NCc1ccco1)[C@H]1C[NH+]2CC[C@H]1C[C@@H]2Cn1cc(-c2ccc(-c3ccccc3)cc2)nn1. The second-order valence-electron chi connectivity index (χ2n) is 9.77. The van der Waals surface area contributed by atoms with Gasteiger partial charge in [0.05, 0.1) is 44.6 Å². The number of quaternary nitrogens is 1. The molecule has 35 heavy (non-hydrogen) atoms. The Balaban J connectivity index is 1.07. The molecule has 7 rings (SSSR count). The Morgan fingerprint density at radius 2 is 1.83 bits per heavy atom. The van der Waals surface area contributed by atoms with Crippen LogP contribution in [0.15, 0.2) is 83.6 Å². The van der Waals surface area contributed by atoms with Crippen LogP contribution >= 0.6 is 0 Å². The van der Waals surface area contributed by atoms with E-state index in [9.17, 15) is 4.79 Å². The molecule has 2 aromatic heterocycles. The largest absolute Gasteiger partial charge is 0.467 e. The molecule has 1 amide bonds. The molecule has 3 fully saturated rings. The molecule has 0 saturated carbocycles. The van der Waals surface area contributed by atoms with Gasteiger partial charge in [0.15, 0.2) is 0 Å². The van der Waals surface area contributed by atoms with Crippen LogP contribution in [0.5, 0.6) is 0 Å². The van der Waals surface area contributed by atoms with Crippen molar-refractivity contribution < 1.29 is 14.1 Å². The van der Waals surface area contributed by atoms with Crippen molar-refractivity contribution in [1.29, 1.82) is 0 Å². The van der Waals surface area contributed by atoms with Crippen LogP contribution in [-0.4, -0.2) is 40.0 Å². The number of fused-ring (bicyclic) bond motifs is 3. The van der Waals surface area contributed by atoms with Crippen molar-refractivity contribution in [2.75, 3.05) is 13.1 Å². The summed E-state index contributed by atoms with van der Waals surface area (Å²) in [4.78, 5) is 14.3. The minimum Gasteiger partial charge on any atom is -0.467 e. The van der Waals surface area contributed by atoms with E-state index in [2.05, 4.69) is 64.2 Å². The predicted molar refractivity (Wildman–Crippen MR) is 132 cm³/mol. The van der Waals surface area contributed by atoms with E-state index in [-0.39, 0.29) is 11.8 Å². The number of rotatable bonds is 7. The van der Waals surface area contributed by atoms with E-state index in [1.807, 2.05) is 29.1 Å². The molecule has 2 N–H and O–H groups in total. The normalized spacial score (nSPS) is 23.3. The van der Waals surface area contributed by atoms with E-state index >= 15 is 0 Å². The Bertz CT molecular complexity index is 1270. The van der Waals surface area contributed by atoms with Crippen molar-refractivity contribution in [3.8, 4) is 22.4 Å². The molecule has 3 aliphatic rings. The first-order valence-electron chi connectivity index (χ1n) is 12.4. The van der Waals surface area contributed by atoms with Crippen LogP contribution in [-0.2, 0) is 17.9 Å². The second kappa shape index (κ2) is 9.50. The first kappa shape index (κ1) is 21.8. The molecule has 0 aliphatic carbocycles. The predicted octanol–water partition coefficient (Wildman–Crippen LogP) is 2.81. The van der Waals surface area contributed by atoms with Crippen LogP contribution < -0.4 is 10.2 Å². The highest BCUT2D eigenvalue weighted by molar-refractivity contribution is 5.79. The molecule has 4 atom stereocenters. The number of benzene rings is 2. The lowest BCUT2D eigenvalue weighted by atomic mass is 9.75. The minimum absolute atomic E-state index is 0.0828. The number of carbonyl (C=O) groups excluding carboxylic acids is 1. The first-order valence-corrected chi connectivity index (χ1v) is 12.4. The third-order valence-electron chi connectivity index (χ3n) is 7.64. The average molecular weight is 469 g/mol. The lowest BCUT2D eigenvalue weighted by Gasteiger charge is -2.46. The van der Waals surface area contributed by atoms with Gasteiger partial charge in [-0.15, -0.1) is 5.10 Å². The van der Waals surface area contributed by atoms with Crippen LogP contribution in [0, 0.1) is 11.8 Å². The highest BCUT2D eigenvalue weighted by atomic mass is 16.3. The van der Waals surface area contributed by atoms with Gasteiger partial charge in [-0.1, -0.05) is 59.8 Å². The fraction of sp³-hybridized carbons (Fsp3) is 0.321. The molecule has 2 aromatic carbocycles. The van der Waals surface area contributed by atoms with Crippen LogP contribution in [0.2, 0.25) is 0 Å². The molecule has 1 unspecified atom stereocenters. The molecule has 4 aromatic rings. The number of aromatic nitrogens is 3. The van der Waals surface area contributed by atoms with E-state index < -0.39 is 0 Å². The number of nitrogens with zero attached hydrogens (tertiary/aromatic N) is 3. The lowest BCUT2D eigenvalue weighted by molar-refractivity contribution is -0.945. The molecule has 2 bridgehead atoms. The topological polar surface area (TPSA) is 77.4 Å². The summed E-state index contributed by atoms with van der Waals surface area (Å²) in [6.07, 6.45) is 5.85. The van der Waals surface area contributed by atoms with Crippen molar-refractivity contribution in [1.82, 2.24) is 20.3 Å². The van der Waals surface area contributed by atoms with Crippen molar-refractivity contribution >= 4 is 5.91 Å². The lowest BCUT2D eigenvalue weighted by Crippen LogP contribution is -3.20. The Labute approximate surface area is 204 Å². The Morgan fingerprint density at radius 3 is 2.57 bits per heavy atom. The Kier molecular flexibility index (Phi) is 5.92. The van der Waals surface area contributed by atoms with Gasteiger partial charge in [0.25, 0.3) is 0 Å². The Morgan fingerprint density at radius 1 is 1.03 bits per heavy atom. The monoisotopic (exact) mass is 468 g/mol. The van der Waals surface area contributed by atoms with Crippen LogP contribution in [0.4, 0.5) is 0 Å². The molecule has 7 heteroatoms. The zero-order chi connectivity index (χ0) is 23.6. The fourth-order valence-corrected chi connectivity index (χ4v) is 5.75. The number of carbonyl (C=O) groups is 1. The minimum atomic E-state index is 0.0828. The highest BCUT2D eigenvalue weighted by Gasteiger charge is 2.46. The quantitative estimate of drug-likeness (QED) is 0.437. The highest BCUT2D eigenvalue weighted by Crippen LogP contribution is 2.28. The smallest absolute Gasteiger partial charge is 0.229 e. The van der Waals surface area contributed by atoms with Gasteiger partial charge in [0.1, 0.15) is 17.5 Å². The van der Waals surface area contributed by atoms with Gasteiger partial charge in [0.2, 0.25) is 5.91 Å². The molecule has 0 radical (unpaired) electrons. The van der Waals surface area contributed by atoms with Gasteiger partial charge in [-0.3, -0.25) is 4.79 Å². The van der Waals surface area contributed by atoms with Gasteiger partial charge >= 0.3 is 0 Å². The molecule has 3 aliphatic heterocycles. The van der Waals surface area contributed by atoms with Crippen molar-refractivity contribution in [2.24, 2.45) is 11.8 Å². The molecule has 178 valence electrons. The summed E-state index contributed by atoms with van der Waals surface area (Å²) in [6, 6.07) is 23.1. The molecular weight excluding hydrogens is 438 g/mol. The second-order valence-corrected chi connectivity index (χ2v) is 9.77. The van der Waals surface area contributed by atoms with Crippen LogP contribution in [0.1, 0.15) is 18.6 Å². The van der Waals surface area contributed by atoms with E-state index in [1.165, 1.54) is 16.0 Å². The van der Waals surface area contributed by atoms with Crippen molar-refractivity contribution in [3.63, 3.8) is 0 Å². The summed E-state index contributed by atoms with van der Waals surface area (Å²) in [5.41, 5.74) is 4.37. The summed E-state index contributed by atoms with van der Waals surface area (Å²) in [6.45, 7) is 3.31. The Hall–Kier alpha value is -3.71. The molecule has 0 spiro atoms. The third-order valence-corrected chi connectivity index (χ3v) is 7.64. The molecule has 5 heterocycles. The maximum Gasteiger partial charge on any atom is 0.229 e. The summed E-state index contributed by atoms with van der Waals surface area (Å²) in [5, 5.41) is 11.9. The van der Waals surface area contributed by atoms with Gasteiger partial charge in [-0.2, -0.15) is 0 Å². The zero-order valence-electron chi connectivity index (χ0n) is 19.6. The summed E-state index contributed by atoms with van der Waals surface area (Å²) < 4.78 is 7.32. The number of piperidine rings is 3. The first-order chi connectivity index (χ1) is 17.2. The van der Waals surface area contributed by atoms with E-state index in [4.69, 9.17) is 4.42 Å². The number of amides is 1. The van der Waals surface area contributed by atoms with E-state index in [0.29, 0.717) is 18.5 Å². The third kappa shape index (κ3) is 4.64. The maximum absolute atomic E-state index is 12.8. The van der Waals surface area contributed by atoms with Gasteiger partial charge in [0, 0.05) is 18.4 Å². The summed E-state index contributed by atoms with van der Waals surface area (Å²) in [7, 11) is 0. The average Bonchev–Trinajstić information content (AvgIpc) is 3.61. The van der Waals surface area contributed by atoms with Crippen LogP contribution in [0.25, 0.3) is 22.4 Å². The molecule has 7 nitrogen and oxygen atoms in total.